The Bertz CT molecular complexity index is 469. The molecule has 0 saturated heterocycles. The molecule has 1 aromatic heterocycles. The number of halogens is 3. The number of nitrogens with one attached hydrogen (secondary N) is 1. The van der Waals surface area contributed by atoms with Crippen LogP contribution in [0.3, 0.4) is 0 Å². The maximum Gasteiger partial charge on any atom is 0.433 e. The lowest BCUT2D eigenvalue weighted by molar-refractivity contribution is -0.141. The molecular formula is C11H14F3N3O2S. The van der Waals surface area contributed by atoms with Crippen LogP contribution in [0.2, 0.25) is 0 Å². The van der Waals surface area contributed by atoms with Crippen molar-refractivity contribution >= 4 is 23.7 Å². The molecule has 1 aromatic rings. The van der Waals surface area contributed by atoms with Crippen LogP contribution in [0.15, 0.2) is 11.1 Å². The average molecular weight is 309 g/mol. The second kappa shape index (κ2) is 7.32. The van der Waals surface area contributed by atoms with Crippen LogP contribution in [-0.2, 0) is 15.7 Å². The molecule has 0 fully saturated rings. The van der Waals surface area contributed by atoms with Crippen LogP contribution in [0.25, 0.3) is 0 Å². The highest BCUT2D eigenvalue weighted by Crippen LogP contribution is 2.30. The van der Waals surface area contributed by atoms with Gasteiger partial charge in [0.2, 0.25) is 5.95 Å². The number of alkyl halides is 3. The van der Waals surface area contributed by atoms with Crippen LogP contribution in [0.4, 0.5) is 19.1 Å². The fraction of sp³-hybridized carbons (Fsp3) is 0.545. The fourth-order valence-electron chi connectivity index (χ4n) is 1.22. The molecule has 0 aliphatic heterocycles. The number of nitrogens with zero attached hydrogens (tertiary/aromatic N) is 2. The minimum absolute atomic E-state index is 0.0660. The molecular weight excluding hydrogens is 295 g/mol. The molecule has 1 rings (SSSR count). The van der Waals surface area contributed by atoms with Crippen LogP contribution >= 0.6 is 11.8 Å². The van der Waals surface area contributed by atoms with Gasteiger partial charge < -0.3 is 10.1 Å². The zero-order chi connectivity index (χ0) is 15.2. The van der Waals surface area contributed by atoms with E-state index in [2.05, 4.69) is 15.3 Å². The number of anilines is 1. The van der Waals surface area contributed by atoms with Gasteiger partial charge in [-0.15, -0.1) is 0 Å². The summed E-state index contributed by atoms with van der Waals surface area (Å²) in [6, 6.07) is 0.810. The normalized spacial score (nSPS) is 11.2. The van der Waals surface area contributed by atoms with E-state index < -0.39 is 17.8 Å². The molecule has 0 amide bonds. The third-order valence-corrected chi connectivity index (χ3v) is 2.86. The first-order valence-electron chi connectivity index (χ1n) is 5.85. The van der Waals surface area contributed by atoms with E-state index in [1.165, 1.54) is 0 Å². The van der Waals surface area contributed by atoms with Crippen LogP contribution < -0.4 is 5.32 Å². The van der Waals surface area contributed by atoms with E-state index in [1.807, 2.05) is 0 Å². The number of esters is 1. The Labute approximate surface area is 118 Å². The lowest BCUT2D eigenvalue weighted by Gasteiger charge is -2.10. The minimum atomic E-state index is -4.56. The zero-order valence-corrected chi connectivity index (χ0v) is 11.8. The summed E-state index contributed by atoms with van der Waals surface area (Å²) in [4.78, 5) is 18.5. The maximum atomic E-state index is 12.7. The van der Waals surface area contributed by atoms with Gasteiger partial charge in [-0.05, 0) is 13.8 Å². The summed E-state index contributed by atoms with van der Waals surface area (Å²) in [5.74, 6) is -0.725. The second-order valence-electron chi connectivity index (χ2n) is 3.54. The van der Waals surface area contributed by atoms with Crippen molar-refractivity contribution in [1.29, 1.82) is 0 Å². The van der Waals surface area contributed by atoms with Gasteiger partial charge in [0.15, 0.2) is 5.69 Å². The molecule has 20 heavy (non-hydrogen) atoms. The first kappa shape index (κ1) is 16.5. The molecule has 5 nitrogen and oxygen atoms in total. The van der Waals surface area contributed by atoms with Crippen LogP contribution in [-0.4, -0.2) is 34.8 Å². The van der Waals surface area contributed by atoms with E-state index in [4.69, 9.17) is 4.74 Å². The molecule has 1 heterocycles. The van der Waals surface area contributed by atoms with Crippen molar-refractivity contribution in [2.75, 3.05) is 24.2 Å². The Morgan fingerprint density at radius 1 is 1.40 bits per heavy atom. The van der Waals surface area contributed by atoms with Crippen molar-refractivity contribution in [3.8, 4) is 0 Å². The topological polar surface area (TPSA) is 64.1 Å². The summed E-state index contributed by atoms with van der Waals surface area (Å²) in [5, 5.41) is 2.69. The SMILES string of the molecule is CCNc1nc(SCC(=O)OCC)cc(C(F)(F)F)n1. The van der Waals surface area contributed by atoms with Gasteiger partial charge in [-0.1, -0.05) is 11.8 Å². The number of aromatic nitrogens is 2. The van der Waals surface area contributed by atoms with Gasteiger partial charge >= 0.3 is 12.1 Å². The molecule has 0 aromatic carbocycles. The number of ether oxygens (including phenoxy) is 1. The summed E-state index contributed by atoms with van der Waals surface area (Å²) in [7, 11) is 0. The summed E-state index contributed by atoms with van der Waals surface area (Å²) >= 11 is 0.873. The van der Waals surface area contributed by atoms with Crippen molar-refractivity contribution < 1.29 is 22.7 Å². The van der Waals surface area contributed by atoms with E-state index in [0.717, 1.165) is 17.8 Å². The van der Waals surface area contributed by atoms with Crippen molar-refractivity contribution in [1.82, 2.24) is 9.97 Å². The van der Waals surface area contributed by atoms with E-state index in [9.17, 15) is 18.0 Å². The van der Waals surface area contributed by atoms with Crippen LogP contribution in [0.1, 0.15) is 19.5 Å². The van der Waals surface area contributed by atoms with E-state index >= 15 is 0 Å². The Hall–Kier alpha value is -1.51. The Morgan fingerprint density at radius 3 is 2.65 bits per heavy atom. The van der Waals surface area contributed by atoms with Gasteiger partial charge in [0.05, 0.1) is 12.4 Å². The largest absolute Gasteiger partial charge is 0.465 e. The van der Waals surface area contributed by atoms with Gasteiger partial charge in [0, 0.05) is 12.6 Å². The molecule has 1 N–H and O–H groups in total. The molecule has 0 radical (unpaired) electrons. The standard InChI is InChI=1S/C11H14F3N3O2S/c1-3-15-10-16-7(11(12,13)14)5-8(17-10)20-6-9(18)19-4-2/h5H,3-4,6H2,1-2H3,(H,15,16,17). The van der Waals surface area contributed by atoms with Gasteiger partial charge in [0.1, 0.15) is 5.03 Å². The highest BCUT2D eigenvalue weighted by molar-refractivity contribution is 7.99. The lowest BCUT2D eigenvalue weighted by atomic mass is 10.4. The molecule has 112 valence electrons. The molecule has 9 heteroatoms. The van der Waals surface area contributed by atoms with Crippen molar-refractivity contribution in [2.45, 2.75) is 25.0 Å². The third kappa shape index (κ3) is 5.24. The van der Waals surface area contributed by atoms with Gasteiger partial charge in [-0.3, -0.25) is 4.79 Å². The van der Waals surface area contributed by atoms with Crippen molar-refractivity contribution in [3.05, 3.63) is 11.8 Å². The summed E-state index contributed by atoms with van der Waals surface area (Å²) in [5.41, 5.74) is -1.05. The molecule has 0 saturated carbocycles. The van der Waals surface area contributed by atoms with Gasteiger partial charge in [0.25, 0.3) is 0 Å². The van der Waals surface area contributed by atoms with Crippen LogP contribution in [0.5, 0.6) is 0 Å². The Kier molecular flexibility index (Phi) is 6.05. The molecule has 0 spiro atoms. The predicted octanol–water partition coefficient (Wildman–Crippen LogP) is 2.58. The number of carbonyl (C=O) groups excluding carboxylic acids is 1. The van der Waals surface area contributed by atoms with E-state index in [1.54, 1.807) is 13.8 Å². The van der Waals surface area contributed by atoms with Crippen molar-refractivity contribution in [2.24, 2.45) is 0 Å². The number of hydrogen-bond donors (Lipinski definition) is 1. The maximum absolute atomic E-state index is 12.7. The highest BCUT2D eigenvalue weighted by Gasteiger charge is 2.33. The number of carbonyl (C=O) groups is 1. The summed E-state index contributed by atoms with van der Waals surface area (Å²) in [6.07, 6.45) is -4.56. The van der Waals surface area contributed by atoms with E-state index in [-0.39, 0.29) is 23.3 Å². The molecule has 0 aliphatic carbocycles. The monoisotopic (exact) mass is 309 g/mol. The summed E-state index contributed by atoms with van der Waals surface area (Å²) < 4.78 is 42.8. The first-order valence-corrected chi connectivity index (χ1v) is 6.84. The minimum Gasteiger partial charge on any atom is -0.465 e. The number of rotatable bonds is 6. The first-order chi connectivity index (χ1) is 9.36. The Balaban J connectivity index is 2.89. The smallest absolute Gasteiger partial charge is 0.433 e. The molecule has 0 atom stereocenters. The lowest BCUT2D eigenvalue weighted by Crippen LogP contribution is -2.13. The Morgan fingerprint density at radius 2 is 2.10 bits per heavy atom. The van der Waals surface area contributed by atoms with Crippen molar-refractivity contribution in [3.63, 3.8) is 0 Å². The molecule has 0 unspecified atom stereocenters. The van der Waals surface area contributed by atoms with E-state index in [0.29, 0.717) is 6.54 Å². The number of hydrogen-bond acceptors (Lipinski definition) is 6. The van der Waals surface area contributed by atoms with Gasteiger partial charge in [-0.25, -0.2) is 9.97 Å². The molecule has 0 bridgehead atoms. The quantitative estimate of drug-likeness (QED) is 0.495. The predicted molar refractivity (Wildman–Crippen MR) is 68.6 cm³/mol. The highest BCUT2D eigenvalue weighted by atomic mass is 32.2. The average Bonchev–Trinajstić information content (AvgIpc) is 2.36. The fourth-order valence-corrected chi connectivity index (χ4v) is 1.91. The second-order valence-corrected chi connectivity index (χ2v) is 4.53. The molecule has 0 aliphatic rings. The third-order valence-electron chi connectivity index (χ3n) is 1.97. The zero-order valence-electron chi connectivity index (χ0n) is 11.0. The van der Waals surface area contributed by atoms with Gasteiger partial charge in [-0.2, -0.15) is 13.2 Å². The number of thioether (sulfide) groups is 1. The summed E-state index contributed by atoms with van der Waals surface area (Å²) in [6.45, 7) is 3.98. The van der Waals surface area contributed by atoms with Crippen LogP contribution in [0, 0.1) is 0 Å².